The van der Waals surface area contributed by atoms with Gasteiger partial charge in [-0.1, -0.05) is 0 Å². The molecule has 0 saturated carbocycles. The average Bonchev–Trinajstić information content (AvgIpc) is 2.12. The van der Waals surface area contributed by atoms with Crippen molar-refractivity contribution in [3.8, 4) is 0 Å². The zero-order valence-corrected chi connectivity index (χ0v) is 12.5. The Bertz CT molecular complexity index is 395. The molecule has 21 heavy (non-hydrogen) atoms. The summed E-state index contributed by atoms with van der Waals surface area (Å²) in [7, 11) is -9.42. The van der Waals surface area contributed by atoms with E-state index in [1.54, 1.807) is 0 Å². The van der Waals surface area contributed by atoms with E-state index in [2.05, 4.69) is 4.52 Å². The third-order valence-electron chi connectivity index (χ3n) is 0.907. The van der Waals surface area contributed by atoms with Gasteiger partial charge in [0.25, 0.3) is 0 Å². The van der Waals surface area contributed by atoms with E-state index in [0.29, 0.717) is 0 Å². The standard InChI is InChI=1S/C3H7O6P.C3H6O3.H3O4P/c1-2(4)3(5)9-10(6,7)8;1-2(4)3(5)6;1-5(2,3)4/h2,4H,1H3,(H2,6,7,8);2,4H,1H3,(H,5,6);(H3,1,2,3,4). The number of carbonyl (C=O) groups excluding carboxylic acids is 1. The molecule has 0 spiro atoms. The molecular weight excluding hydrogens is 342 g/mol. The van der Waals surface area contributed by atoms with Crippen LogP contribution in [0.4, 0.5) is 0 Å². The van der Waals surface area contributed by atoms with Crippen molar-refractivity contribution in [2.24, 2.45) is 0 Å². The van der Waals surface area contributed by atoms with Gasteiger partial charge in [0.15, 0.2) is 0 Å². The van der Waals surface area contributed by atoms with Crippen molar-refractivity contribution < 1.29 is 63.0 Å². The second-order valence-corrected chi connectivity index (χ2v) is 5.29. The summed E-state index contributed by atoms with van der Waals surface area (Å²) in [6.45, 7) is 2.24. The molecule has 0 heterocycles. The first-order valence-corrected chi connectivity index (χ1v) is 7.73. The Kier molecular flexibility index (Phi) is 12.9. The van der Waals surface area contributed by atoms with Crippen molar-refractivity contribution >= 4 is 27.6 Å². The van der Waals surface area contributed by atoms with Gasteiger partial charge in [-0.15, -0.1) is 0 Å². The number of carboxylic acids is 1. The lowest BCUT2D eigenvalue weighted by Crippen LogP contribution is -2.17. The fraction of sp³-hybridized carbons (Fsp3) is 0.667. The Balaban J connectivity index is -0.000000252. The first kappa shape index (κ1) is 25.1. The van der Waals surface area contributed by atoms with E-state index in [1.807, 2.05) is 0 Å². The van der Waals surface area contributed by atoms with Crippen molar-refractivity contribution in [3.05, 3.63) is 0 Å². The molecule has 0 rings (SSSR count). The van der Waals surface area contributed by atoms with Crippen LogP contribution in [0, 0.1) is 0 Å². The molecule has 0 aliphatic heterocycles. The molecule has 0 bridgehead atoms. The average molecular weight is 358 g/mol. The maximum Gasteiger partial charge on any atom is 0.527 e. The van der Waals surface area contributed by atoms with E-state index in [9.17, 15) is 14.2 Å². The van der Waals surface area contributed by atoms with Gasteiger partial charge in [0.2, 0.25) is 0 Å². The Morgan fingerprint density at radius 3 is 1.19 bits per heavy atom. The lowest BCUT2D eigenvalue weighted by molar-refractivity contribution is -0.145. The fourth-order valence-corrected chi connectivity index (χ4v) is 0.580. The van der Waals surface area contributed by atoms with Gasteiger partial charge in [-0.3, -0.25) is 9.79 Å². The molecule has 0 radical (unpaired) electrons. The monoisotopic (exact) mass is 358 g/mol. The number of hydrogen-bond donors (Lipinski definition) is 8. The van der Waals surface area contributed by atoms with E-state index in [-0.39, 0.29) is 0 Å². The van der Waals surface area contributed by atoms with Crippen LogP contribution in [-0.2, 0) is 23.2 Å². The maximum atomic E-state index is 10.2. The molecule has 2 unspecified atom stereocenters. The van der Waals surface area contributed by atoms with E-state index in [4.69, 9.17) is 44.4 Å². The molecule has 0 aliphatic rings. The largest absolute Gasteiger partial charge is 0.527 e. The molecule has 13 nitrogen and oxygen atoms in total. The predicted molar refractivity (Wildman–Crippen MR) is 63.4 cm³/mol. The number of phosphoric ester groups is 1. The lowest BCUT2D eigenvalue weighted by atomic mass is 10.4. The normalized spacial score (nSPS) is 13.6. The van der Waals surface area contributed by atoms with Crippen molar-refractivity contribution in [2.45, 2.75) is 26.1 Å². The Morgan fingerprint density at radius 1 is 0.905 bits per heavy atom. The molecule has 8 N–H and O–H groups in total. The smallest absolute Gasteiger partial charge is 0.479 e. The van der Waals surface area contributed by atoms with Crippen molar-refractivity contribution in [2.75, 3.05) is 0 Å². The molecule has 0 aromatic heterocycles. The van der Waals surface area contributed by atoms with Gasteiger partial charge in [-0.25, -0.2) is 18.7 Å². The summed E-state index contributed by atoms with van der Waals surface area (Å²) in [6, 6.07) is 0. The highest BCUT2D eigenvalue weighted by molar-refractivity contribution is 7.46. The van der Waals surface area contributed by atoms with E-state index < -0.39 is 39.8 Å². The van der Waals surface area contributed by atoms with Crippen LogP contribution in [0.3, 0.4) is 0 Å². The molecule has 2 atom stereocenters. The van der Waals surface area contributed by atoms with Crippen LogP contribution in [0.5, 0.6) is 0 Å². The maximum absolute atomic E-state index is 10.2. The summed E-state index contributed by atoms with van der Waals surface area (Å²) in [4.78, 5) is 57.2. The summed E-state index contributed by atoms with van der Waals surface area (Å²) in [5.41, 5.74) is 0. The molecule has 0 aromatic carbocycles. The second-order valence-electron chi connectivity index (χ2n) is 3.10. The first-order chi connectivity index (χ1) is 8.97. The van der Waals surface area contributed by atoms with Gasteiger partial charge in [0.1, 0.15) is 12.2 Å². The van der Waals surface area contributed by atoms with Gasteiger partial charge >= 0.3 is 27.6 Å². The summed E-state index contributed by atoms with van der Waals surface area (Å²) in [5, 5.41) is 24.1. The van der Waals surface area contributed by atoms with Crippen molar-refractivity contribution in [3.63, 3.8) is 0 Å². The van der Waals surface area contributed by atoms with Gasteiger partial charge in [-0.2, -0.15) is 0 Å². The molecule has 128 valence electrons. The van der Waals surface area contributed by atoms with Crippen LogP contribution < -0.4 is 0 Å². The lowest BCUT2D eigenvalue weighted by Gasteiger charge is -2.05. The van der Waals surface area contributed by atoms with Crippen LogP contribution in [0.25, 0.3) is 0 Å². The van der Waals surface area contributed by atoms with Crippen LogP contribution in [0.2, 0.25) is 0 Å². The number of hydrogen-bond acceptors (Lipinski definition) is 7. The van der Waals surface area contributed by atoms with Gasteiger partial charge in [-0.05, 0) is 13.8 Å². The number of aliphatic carboxylic acids is 1. The first-order valence-electron chi connectivity index (χ1n) is 4.63. The topological polar surface area (TPSA) is 239 Å². The Morgan fingerprint density at radius 2 is 1.14 bits per heavy atom. The highest BCUT2D eigenvalue weighted by atomic mass is 31.2. The third-order valence-corrected chi connectivity index (χ3v) is 1.33. The van der Waals surface area contributed by atoms with Crippen molar-refractivity contribution in [1.29, 1.82) is 0 Å². The number of aliphatic hydroxyl groups is 2. The SMILES string of the molecule is CC(O)C(=O)O.CC(O)C(=O)OP(=O)(O)O.O=P(O)(O)O. The van der Waals surface area contributed by atoms with Crippen LogP contribution >= 0.6 is 15.6 Å². The summed E-state index contributed by atoms with van der Waals surface area (Å²) >= 11 is 0. The number of aliphatic hydroxyl groups excluding tert-OH is 2. The number of carboxylic acid groups (broad SMARTS) is 1. The molecule has 15 heteroatoms. The van der Waals surface area contributed by atoms with Crippen molar-refractivity contribution in [1.82, 2.24) is 0 Å². The number of phosphoric acid groups is 2. The summed E-state index contributed by atoms with van der Waals surface area (Å²) < 4.78 is 22.2. The highest BCUT2D eigenvalue weighted by Gasteiger charge is 2.23. The quantitative estimate of drug-likeness (QED) is 0.244. The molecule has 0 amide bonds. The van der Waals surface area contributed by atoms with E-state index >= 15 is 0 Å². The van der Waals surface area contributed by atoms with Gasteiger partial charge in [0, 0.05) is 0 Å². The Hall–Kier alpha value is -0.880. The zero-order chi connectivity index (χ0) is 18.0. The predicted octanol–water partition coefficient (Wildman–Crippen LogP) is -2.47. The summed E-state index contributed by atoms with van der Waals surface area (Å²) in [6.07, 6.45) is -2.75. The molecular formula is C6H16O13P2. The molecule has 0 aromatic rings. The Labute approximate surface area is 117 Å². The number of rotatable bonds is 3. The minimum Gasteiger partial charge on any atom is -0.479 e. The number of carbonyl (C=O) groups is 2. The minimum atomic E-state index is -4.79. The van der Waals surface area contributed by atoms with Gasteiger partial charge < -0.3 is 34.5 Å². The van der Waals surface area contributed by atoms with Crippen LogP contribution in [0.1, 0.15) is 13.8 Å². The third kappa shape index (κ3) is 38.1. The van der Waals surface area contributed by atoms with E-state index in [0.717, 1.165) is 6.92 Å². The van der Waals surface area contributed by atoms with Gasteiger partial charge in [0.05, 0.1) is 0 Å². The minimum absolute atomic E-state index is 1.04. The fourth-order valence-electron chi connectivity index (χ4n) is 0.193. The molecule has 0 aliphatic carbocycles. The molecule has 0 fully saturated rings. The van der Waals surface area contributed by atoms with Crippen LogP contribution in [-0.4, -0.2) is 63.9 Å². The van der Waals surface area contributed by atoms with Crippen LogP contribution in [0.15, 0.2) is 0 Å². The van der Waals surface area contributed by atoms with E-state index in [1.165, 1.54) is 6.92 Å². The second kappa shape index (κ2) is 10.8. The molecule has 0 saturated heterocycles. The summed E-state index contributed by atoms with van der Waals surface area (Å²) in [5.74, 6) is -2.52. The zero-order valence-electron chi connectivity index (χ0n) is 10.7. The highest BCUT2D eigenvalue weighted by Crippen LogP contribution is 2.36.